The zero-order valence-electron chi connectivity index (χ0n) is 35.4. The number of carbonyl (C=O) groups excluding carboxylic acids is 2. The van der Waals surface area contributed by atoms with E-state index in [2.05, 4.69) is 55.0 Å². The molecule has 52 heavy (non-hydrogen) atoms. The summed E-state index contributed by atoms with van der Waals surface area (Å²) in [5, 5.41) is 3.61. The Morgan fingerprint density at radius 2 is 1.10 bits per heavy atom. The second-order valence-electron chi connectivity index (χ2n) is 16.9. The Balaban J connectivity index is 2.19. The molecule has 2 aliphatic rings. The summed E-state index contributed by atoms with van der Waals surface area (Å²) in [5.74, 6) is 0.701. The Kier molecular flexibility index (Phi) is 28.7. The van der Waals surface area contributed by atoms with Crippen molar-refractivity contribution in [3.8, 4) is 0 Å². The first-order valence-electron chi connectivity index (χ1n) is 23.5. The minimum absolute atomic E-state index is 0.176. The number of nitrogens with zero attached hydrogens (tertiary/aromatic N) is 2. The van der Waals surface area contributed by atoms with Crippen LogP contribution in [0.3, 0.4) is 0 Å². The van der Waals surface area contributed by atoms with Crippen LogP contribution in [0.25, 0.3) is 0 Å². The Bertz CT molecular complexity index is 860. The molecule has 1 unspecified atom stereocenters. The number of amides is 2. The molecule has 5 nitrogen and oxygen atoms in total. The minimum Gasteiger partial charge on any atom is -0.352 e. The smallest absolute Gasteiger partial charge is 0.243 e. The molecule has 0 aromatic rings. The predicted molar refractivity (Wildman–Crippen MR) is 226 cm³/mol. The molecule has 1 saturated heterocycles. The highest BCUT2D eigenvalue weighted by molar-refractivity contribution is 5.88. The molecule has 1 N–H and O–H groups in total. The van der Waals surface area contributed by atoms with Crippen LogP contribution >= 0.6 is 0 Å². The number of hydrogen-bond acceptors (Lipinski definition) is 3. The van der Waals surface area contributed by atoms with Crippen molar-refractivity contribution >= 4 is 11.8 Å². The lowest BCUT2D eigenvalue weighted by atomic mass is 9.85. The van der Waals surface area contributed by atoms with Gasteiger partial charge in [0, 0.05) is 18.5 Å². The van der Waals surface area contributed by atoms with Gasteiger partial charge in [-0.15, -0.1) is 0 Å². The molecule has 304 valence electrons. The first kappa shape index (κ1) is 46.8. The first-order valence-corrected chi connectivity index (χ1v) is 23.5. The Hall–Kier alpha value is -1.36. The molecule has 0 aromatic carbocycles. The van der Waals surface area contributed by atoms with E-state index >= 15 is 0 Å². The van der Waals surface area contributed by atoms with Gasteiger partial charge in [0.15, 0.2) is 0 Å². The number of rotatable bonds is 31. The van der Waals surface area contributed by atoms with Crippen molar-refractivity contribution < 1.29 is 9.59 Å². The molecule has 2 amide bonds. The van der Waals surface area contributed by atoms with Crippen LogP contribution in [0, 0.1) is 5.92 Å². The topological polar surface area (TPSA) is 52.7 Å². The van der Waals surface area contributed by atoms with Crippen molar-refractivity contribution in [1.82, 2.24) is 15.1 Å². The van der Waals surface area contributed by atoms with Crippen molar-refractivity contribution in [1.29, 1.82) is 0 Å². The van der Waals surface area contributed by atoms with Gasteiger partial charge in [-0.2, -0.15) is 0 Å². The summed E-state index contributed by atoms with van der Waals surface area (Å²) in [6, 6.07) is 0.126. The van der Waals surface area contributed by atoms with Gasteiger partial charge in [-0.25, -0.2) is 0 Å². The lowest BCUT2D eigenvalue weighted by Crippen LogP contribution is -2.59. The van der Waals surface area contributed by atoms with Crippen LogP contribution < -0.4 is 5.32 Å². The fraction of sp³-hybridized carbons (Fsp3) is 0.915. The van der Waals surface area contributed by atoms with E-state index in [1.807, 2.05) is 0 Å². The fourth-order valence-corrected chi connectivity index (χ4v) is 8.96. The van der Waals surface area contributed by atoms with E-state index in [0.29, 0.717) is 6.42 Å². The number of allylic oxidation sites excluding steroid dienone is 2. The van der Waals surface area contributed by atoms with Crippen LogP contribution in [0.5, 0.6) is 0 Å². The van der Waals surface area contributed by atoms with Crippen LogP contribution in [0.15, 0.2) is 12.2 Å². The summed E-state index contributed by atoms with van der Waals surface area (Å²) in [6.45, 7) is 12.3. The number of nitrogens with one attached hydrogen (secondary N) is 1. The standard InChI is InChI=1S/C47H89N3O2/c1-5-9-12-15-16-17-18-19-20-21-22-25-32-37-45(51)50(44(35-30-23-13-10-6-2)36-31-24-14-11-7-3)46(42-38-40-49(8-4)41-39-42)47(52)48-43-33-28-26-27-29-34-43/h17-18,42-44,46H,5-16,19-41H2,1-4H3,(H,48,52)/b18-17-. The largest absolute Gasteiger partial charge is 0.352 e. The van der Waals surface area contributed by atoms with E-state index in [1.165, 1.54) is 148 Å². The highest BCUT2D eigenvalue weighted by Gasteiger charge is 2.41. The van der Waals surface area contributed by atoms with Gasteiger partial charge in [0.05, 0.1) is 0 Å². The molecule has 1 saturated carbocycles. The average molecular weight is 728 g/mol. The normalized spacial score (nSPS) is 17.2. The summed E-state index contributed by atoms with van der Waals surface area (Å²) in [6.07, 6.45) is 42.7. The fourth-order valence-electron chi connectivity index (χ4n) is 8.96. The maximum atomic E-state index is 14.7. The molecular formula is C47H89N3O2. The molecule has 5 heteroatoms. The highest BCUT2D eigenvalue weighted by Crippen LogP contribution is 2.31. The molecule has 2 rings (SSSR count). The lowest BCUT2D eigenvalue weighted by Gasteiger charge is -2.44. The van der Waals surface area contributed by atoms with Crippen molar-refractivity contribution in [2.75, 3.05) is 19.6 Å². The number of hydrogen-bond donors (Lipinski definition) is 1. The third-order valence-electron chi connectivity index (χ3n) is 12.4. The summed E-state index contributed by atoms with van der Waals surface area (Å²) in [7, 11) is 0. The molecule has 2 fully saturated rings. The Morgan fingerprint density at radius 1 is 0.615 bits per heavy atom. The highest BCUT2D eigenvalue weighted by atomic mass is 16.2. The van der Waals surface area contributed by atoms with E-state index < -0.39 is 0 Å². The van der Waals surface area contributed by atoms with Crippen molar-refractivity contribution in [3.63, 3.8) is 0 Å². The van der Waals surface area contributed by atoms with E-state index in [0.717, 1.165) is 71.0 Å². The molecule has 1 heterocycles. The molecule has 0 spiro atoms. The third kappa shape index (κ3) is 20.9. The zero-order valence-corrected chi connectivity index (χ0v) is 35.4. The van der Waals surface area contributed by atoms with Crippen LogP contribution in [-0.2, 0) is 9.59 Å². The summed E-state index contributed by atoms with van der Waals surface area (Å²) >= 11 is 0. The van der Waals surface area contributed by atoms with Gasteiger partial charge in [0.2, 0.25) is 11.8 Å². The van der Waals surface area contributed by atoms with Gasteiger partial charge in [0.25, 0.3) is 0 Å². The van der Waals surface area contributed by atoms with Gasteiger partial charge in [0.1, 0.15) is 6.04 Å². The number of piperidine rings is 1. The maximum Gasteiger partial charge on any atom is 0.243 e. The summed E-state index contributed by atoms with van der Waals surface area (Å²) < 4.78 is 0. The first-order chi connectivity index (χ1) is 25.5. The molecular weight excluding hydrogens is 639 g/mol. The maximum absolute atomic E-state index is 14.7. The van der Waals surface area contributed by atoms with E-state index in [4.69, 9.17) is 0 Å². The summed E-state index contributed by atoms with van der Waals surface area (Å²) in [5.41, 5.74) is 0. The van der Waals surface area contributed by atoms with Crippen LogP contribution in [0.1, 0.15) is 233 Å². The molecule has 0 bridgehead atoms. The van der Waals surface area contributed by atoms with Gasteiger partial charge in [-0.05, 0) is 96.2 Å². The van der Waals surface area contributed by atoms with E-state index in [9.17, 15) is 9.59 Å². The minimum atomic E-state index is -0.320. The SMILES string of the molecule is CCCCCC/C=C\CCCCCCCC(=O)N(C(CCCCCCC)CCCCCCC)C(C(=O)NC1CCCCCC1)C1CCN(CC)CC1. The van der Waals surface area contributed by atoms with Gasteiger partial charge in [-0.1, -0.05) is 168 Å². The molecule has 1 atom stereocenters. The zero-order chi connectivity index (χ0) is 37.5. The second kappa shape index (κ2) is 31.9. The Labute approximate surface area is 324 Å². The predicted octanol–water partition coefficient (Wildman–Crippen LogP) is 13.1. The van der Waals surface area contributed by atoms with Crippen molar-refractivity contribution in [2.45, 2.75) is 251 Å². The summed E-state index contributed by atoms with van der Waals surface area (Å²) in [4.78, 5) is 34.3. The second-order valence-corrected chi connectivity index (χ2v) is 16.9. The van der Waals surface area contributed by atoms with E-state index in [1.54, 1.807) is 0 Å². The molecule has 1 aliphatic carbocycles. The van der Waals surface area contributed by atoms with E-state index in [-0.39, 0.29) is 35.9 Å². The van der Waals surface area contributed by atoms with Crippen LogP contribution in [0.4, 0.5) is 0 Å². The Morgan fingerprint density at radius 3 is 1.63 bits per heavy atom. The van der Waals surface area contributed by atoms with Crippen LogP contribution in [0.2, 0.25) is 0 Å². The van der Waals surface area contributed by atoms with Gasteiger partial charge >= 0.3 is 0 Å². The number of carbonyl (C=O) groups is 2. The lowest BCUT2D eigenvalue weighted by molar-refractivity contribution is -0.147. The molecule has 1 aliphatic heterocycles. The molecule has 0 radical (unpaired) electrons. The average Bonchev–Trinajstić information content (AvgIpc) is 3.43. The number of unbranched alkanes of at least 4 members (excludes halogenated alkanes) is 17. The van der Waals surface area contributed by atoms with Gasteiger partial charge in [-0.3, -0.25) is 9.59 Å². The van der Waals surface area contributed by atoms with Crippen LogP contribution in [-0.4, -0.2) is 59.4 Å². The monoisotopic (exact) mass is 728 g/mol. The van der Waals surface area contributed by atoms with Gasteiger partial charge < -0.3 is 15.1 Å². The molecule has 0 aromatic heterocycles. The van der Waals surface area contributed by atoms with Crippen molar-refractivity contribution in [3.05, 3.63) is 12.2 Å². The third-order valence-corrected chi connectivity index (χ3v) is 12.4. The van der Waals surface area contributed by atoms with Crippen molar-refractivity contribution in [2.24, 2.45) is 5.92 Å². The quantitative estimate of drug-likeness (QED) is 0.0439. The number of likely N-dealkylation sites (tertiary alicyclic amines) is 1.